The van der Waals surface area contributed by atoms with Crippen LogP contribution in [0.4, 0.5) is 5.82 Å². The Balaban J connectivity index is 1.28. The van der Waals surface area contributed by atoms with Gasteiger partial charge in [-0.25, -0.2) is 4.98 Å². The fourth-order valence-corrected chi connectivity index (χ4v) is 5.14. The molecule has 2 aromatic rings. The maximum atomic E-state index is 13.0. The third-order valence-electron chi connectivity index (χ3n) is 6.06. The molecule has 1 saturated heterocycles. The second kappa shape index (κ2) is 8.63. The van der Waals surface area contributed by atoms with Gasteiger partial charge in [-0.2, -0.15) is 0 Å². The molecule has 0 spiro atoms. The van der Waals surface area contributed by atoms with Gasteiger partial charge in [0.05, 0.1) is 6.04 Å². The molecule has 2 aromatic heterocycles. The summed E-state index contributed by atoms with van der Waals surface area (Å²) in [4.78, 5) is 35.6. The number of carbonyl (C=O) groups excluding carboxylic acids is 2. The monoisotopic (exact) mass is 412 g/mol. The van der Waals surface area contributed by atoms with E-state index in [0.717, 1.165) is 51.1 Å². The van der Waals surface area contributed by atoms with E-state index < -0.39 is 0 Å². The topological polar surface area (TPSA) is 65.5 Å². The molecule has 1 atom stereocenters. The summed E-state index contributed by atoms with van der Waals surface area (Å²) in [6.07, 6.45) is 2.49. The minimum atomic E-state index is -0.141. The average molecular weight is 413 g/mol. The molecule has 1 fully saturated rings. The van der Waals surface area contributed by atoms with E-state index in [1.54, 1.807) is 11.3 Å². The van der Waals surface area contributed by atoms with Crippen LogP contribution in [0.3, 0.4) is 0 Å². The van der Waals surface area contributed by atoms with Crippen molar-refractivity contribution < 1.29 is 9.59 Å². The normalized spacial score (nSPS) is 18.9. The van der Waals surface area contributed by atoms with Crippen LogP contribution < -0.4 is 5.32 Å². The summed E-state index contributed by atoms with van der Waals surface area (Å²) >= 11 is 1.79. The molecule has 4 heterocycles. The van der Waals surface area contributed by atoms with E-state index in [1.165, 1.54) is 10.4 Å². The number of nitrogens with zero attached hydrogens (tertiary/aromatic N) is 3. The molecule has 1 N–H and O–H groups in total. The first-order valence-electron chi connectivity index (χ1n) is 10.3. The lowest BCUT2D eigenvalue weighted by Crippen LogP contribution is -2.51. The fraction of sp³-hybridized carbons (Fsp3) is 0.500. The Morgan fingerprint density at radius 3 is 2.76 bits per heavy atom. The lowest BCUT2D eigenvalue weighted by Gasteiger charge is -2.37. The number of hydrogen-bond acceptors (Lipinski definition) is 5. The number of piperidine rings is 1. The predicted molar refractivity (Wildman–Crippen MR) is 115 cm³/mol. The van der Waals surface area contributed by atoms with Gasteiger partial charge < -0.3 is 10.2 Å². The number of likely N-dealkylation sites (tertiary alicyclic amines) is 1. The van der Waals surface area contributed by atoms with Gasteiger partial charge in [0.2, 0.25) is 11.8 Å². The number of pyridine rings is 1. The molecule has 0 aliphatic carbocycles. The van der Waals surface area contributed by atoms with Crippen LogP contribution in [0.2, 0.25) is 0 Å². The third kappa shape index (κ3) is 4.51. The van der Waals surface area contributed by atoms with E-state index in [9.17, 15) is 9.59 Å². The van der Waals surface area contributed by atoms with Crippen molar-refractivity contribution in [3.63, 3.8) is 0 Å². The molecule has 7 heteroatoms. The highest BCUT2D eigenvalue weighted by molar-refractivity contribution is 7.10. The molecule has 2 amide bonds. The number of anilines is 1. The summed E-state index contributed by atoms with van der Waals surface area (Å²) in [6.45, 7) is 6.98. The number of carbonyl (C=O) groups is 2. The summed E-state index contributed by atoms with van der Waals surface area (Å²) in [6, 6.07) is 7.62. The van der Waals surface area contributed by atoms with Crippen molar-refractivity contribution in [3.8, 4) is 0 Å². The lowest BCUT2D eigenvalue weighted by molar-refractivity contribution is -0.138. The zero-order valence-corrected chi connectivity index (χ0v) is 17.9. The molecule has 6 nitrogen and oxygen atoms in total. The maximum absolute atomic E-state index is 13.0. The molecule has 4 rings (SSSR count). The van der Waals surface area contributed by atoms with Gasteiger partial charge in [-0.05, 0) is 75.3 Å². The van der Waals surface area contributed by atoms with Crippen molar-refractivity contribution in [2.45, 2.75) is 45.7 Å². The second-order valence-corrected chi connectivity index (χ2v) is 9.02. The third-order valence-corrected chi connectivity index (χ3v) is 7.09. The Hall–Kier alpha value is -2.25. The van der Waals surface area contributed by atoms with Gasteiger partial charge in [0.1, 0.15) is 5.82 Å². The number of aryl methyl sites for hydroxylation is 1. The largest absolute Gasteiger partial charge is 0.337 e. The number of thiophene rings is 1. The predicted octanol–water partition coefficient (Wildman–Crippen LogP) is 3.08. The Morgan fingerprint density at radius 2 is 2.00 bits per heavy atom. The zero-order chi connectivity index (χ0) is 20.4. The van der Waals surface area contributed by atoms with E-state index in [1.807, 2.05) is 36.9 Å². The molecule has 0 aromatic carbocycles. The minimum absolute atomic E-state index is 0.0285. The molecular formula is C22H28N4O2S. The van der Waals surface area contributed by atoms with Gasteiger partial charge in [0.15, 0.2) is 0 Å². The van der Waals surface area contributed by atoms with E-state index in [0.29, 0.717) is 5.82 Å². The number of fused-ring (bicyclic) bond motifs is 1. The summed E-state index contributed by atoms with van der Waals surface area (Å²) in [5.41, 5.74) is 2.18. The van der Waals surface area contributed by atoms with Crippen molar-refractivity contribution in [1.82, 2.24) is 14.8 Å². The second-order valence-electron chi connectivity index (χ2n) is 8.02. The van der Waals surface area contributed by atoms with Crippen LogP contribution in [0.1, 0.15) is 35.9 Å². The first-order valence-corrected chi connectivity index (χ1v) is 11.2. The zero-order valence-electron chi connectivity index (χ0n) is 17.1. The number of nitrogens with one attached hydrogen (secondary N) is 1. The van der Waals surface area contributed by atoms with Crippen LogP contribution in [-0.4, -0.2) is 52.3 Å². The molecule has 2 aliphatic heterocycles. The first kappa shape index (κ1) is 20.0. The van der Waals surface area contributed by atoms with Crippen molar-refractivity contribution >= 4 is 29.0 Å². The minimum Gasteiger partial charge on any atom is -0.337 e. The van der Waals surface area contributed by atoms with Crippen molar-refractivity contribution in [1.29, 1.82) is 0 Å². The standard InChI is InChI=1S/C22H28N4O2S/c1-15-4-3-5-20(23-15)24-21(27)17-6-10-25(11-7-17)16(2)22(28)26-12-8-19-18(14-26)9-13-29-19/h3-5,9,13,16-17H,6-8,10-12,14H2,1-2H3,(H,23,24,27)/t16-/m0/s1. The molecule has 154 valence electrons. The summed E-state index contributed by atoms with van der Waals surface area (Å²) in [7, 11) is 0. The molecule has 0 bridgehead atoms. The lowest BCUT2D eigenvalue weighted by atomic mass is 9.94. The fourth-order valence-electron chi connectivity index (χ4n) is 4.25. The van der Waals surface area contributed by atoms with Gasteiger partial charge in [-0.3, -0.25) is 14.5 Å². The van der Waals surface area contributed by atoms with Crippen molar-refractivity contribution in [3.05, 3.63) is 45.8 Å². The van der Waals surface area contributed by atoms with Gasteiger partial charge in [0.25, 0.3) is 0 Å². The van der Waals surface area contributed by atoms with E-state index in [-0.39, 0.29) is 23.8 Å². The Labute approximate surface area is 175 Å². The first-order chi connectivity index (χ1) is 14.0. The van der Waals surface area contributed by atoms with Gasteiger partial charge in [0, 0.05) is 29.6 Å². The highest BCUT2D eigenvalue weighted by atomic mass is 32.1. The molecule has 0 unspecified atom stereocenters. The Bertz CT molecular complexity index is 888. The average Bonchev–Trinajstić information content (AvgIpc) is 3.20. The van der Waals surface area contributed by atoms with E-state index >= 15 is 0 Å². The maximum Gasteiger partial charge on any atom is 0.239 e. The smallest absolute Gasteiger partial charge is 0.239 e. The summed E-state index contributed by atoms with van der Waals surface area (Å²) in [5.74, 6) is 0.814. The highest BCUT2D eigenvalue weighted by Gasteiger charge is 2.33. The number of amides is 2. The molecule has 0 radical (unpaired) electrons. The van der Waals surface area contributed by atoms with Crippen LogP contribution in [0.25, 0.3) is 0 Å². The summed E-state index contributed by atoms with van der Waals surface area (Å²) < 4.78 is 0. The SMILES string of the molecule is Cc1cccc(NC(=O)C2CCN([C@@H](C)C(=O)N3CCc4sccc4C3)CC2)n1. The number of rotatable bonds is 4. The Morgan fingerprint density at radius 1 is 1.21 bits per heavy atom. The van der Waals surface area contributed by atoms with Crippen molar-refractivity contribution in [2.24, 2.45) is 5.92 Å². The van der Waals surface area contributed by atoms with Crippen LogP contribution in [-0.2, 0) is 22.6 Å². The molecular weight excluding hydrogens is 384 g/mol. The quantitative estimate of drug-likeness (QED) is 0.838. The number of hydrogen-bond donors (Lipinski definition) is 1. The van der Waals surface area contributed by atoms with E-state index in [4.69, 9.17) is 0 Å². The van der Waals surface area contributed by atoms with Gasteiger partial charge in [-0.15, -0.1) is 11.3 Å². The molecule has 2 aliphatic rings. The van der Waals surface area contributed by atoms with Crippen LogP contribution >= 0.6 is 11.3 Å². The van der Waals surface area contributed by atoms with E-state index in [2.05, 4.69) is 26.6 Å². The van der Waals surface area contributed by atoms with Crippen molar-refractivity contribution in [2.75, 3.05) is 25.0 Å². The highest BCUT2D eigenvalue weighted by Crippen LogP contribution is 2.26. The molecule has 0 saturated carbocycles. The van der Waals surface area contributed by atoms with Gasteiger partial charge >= 0.3 is 0 Å². The van der Waals surface area contributed by atoms with Crippen LogP contribution in [0.15, 0.2) is 29.6 Å². The number of aromatic nitrogens is 1. The summed E-state index contributed by atoms with van der Waals surface area (Å²) in [5, 5.41) is 5.05. The van der Waals surface area contributed by atoms with Crippen LogP contribution in [0.5, 0.6) is 0 Å². The molecule has 29 heavy (non-hydrogen) atoms. The van der Waals surface area contributed by atoms with Gasteiger partial charge in [-0.1, -0.05) is 6.07 Å². The van der Waals surface area contributed by atoms with Crippen LogP contribution in [0, 0.1) is 12.8 Å². The Kier molecular flexibility index (Phi) is 5.96.